The average molecular weight is 407 g/mol. The van der Waals surface area contributed by atoms with E-state index in [-0.39, 0.29) is 17.3 Å². The second kappa shape index (κ2) is 9.49. The minimum absolute atomic E-state index is 0.255. The van der Waals surface area contributed by atoms with E-state index in [1.54, 1.807) is 14.1 Å². The Morgan fingerprint density at radius 2 is 1.96 bits per heavy atom. The first-order valence-electron chi connectivity index (χ1n) is 7.60. The summed E-state index contributed by atoms with van der Waals surface area (Å²) in [6.45, 7) is 1.36. The Morgan fingerprint density at radius 1 is 1.33 bits per heavy atom. The van der Waals surface area contributed by atoms with E-state index in [0.29, 0.717) is 12.1 Å². The predicted molar refractivity (Wildman–Crippen MR) is 95.1 cm³/mol. The van der Waals surface area contributed by atoms with Crippen molar-refractivity contribution in [2.75, 3.05) is 26.3 Å². The van der Waals surface area contributed by atoms with Crippen LogP contribution in [0, 0.1) is 0 Å². The summed E-state index contributed by atoms with van der Waals surface area (Å²) in [5.74, 6) is -2.14. The largest absolute Gasteiger partial charge is 0.480 e. The van der Waals surface area contributed by atoms with Crippen molar-refractivity contribution in [3.8, 4) is 5.75 Å². The van der Waals surface area contributed by atoms with Gasteiger partial charge in [-0.25, -0.2) is 4.99 Å². The van der Waals surface area contributed by atoms with Crippen LogP contribution in [0.4, 0.5) is 13.2 Å². The number of carbonyl (C=O) groups excluding carboxylic acids is 2. The van der Waals surface area contributed by atoms with Gasteiger partial charge >= 0.3 is 6.18 Å². The molecule has 0 heterocycles. The van der Waals surface area contributed by atoms with Gasteiger partial charge in [-0.2, -0.15) is 13.2 Å². The number of hydrogen-bond acceptors (Lipinski definition) is 4. The van der Waals surface area contributed by atoms with Gasteiger partial charge in [0.05, 0.1) is 22.7 Å². The average Bonchev–Trinajstić information content (AvgIpc) is 2.56. The normalized spacial score (nSPS) is 13.9. The van der Waals surface area contributed by atoms with E-state index in [1.807, 2.05) is 0 Å². The summed E-state index contributed by atoms with van der Waals surface area (Å²) < 4.78 is 55.3. The molecule has 11 heteroatoms. The van der Waals surface area contributed by atoms with E-state index in [1.165, 1.54) is 24.4 Å². The molecular weight excluding hydrogens is 387 g/mol. The standard InChI is InChI=1S/C16H20F3N3O4S/c1-10(14(23)20-8-22(2)3)21-15(24)11-5-12(16(17,18)19)7-13(6-11)26-9-27(4)25/h5-8,10H,9H2,1-4H3,(H,21,24). The van der Waals surface area contributed by atoms with Gasteiger partial charge in [0.25, 0.3) is 11.8 Å². The van der Waals surface area contributed by atoms with Gasteiger partial charge in [-0.1, -0.05) is 0 Å². The molecule has 0 spiro atoms. The highest BCUT2D eigenvalue weighted by Crippen LogP contribution is 2.32. The number of nitrogens with zero attached hydrogens (tertiary/aromatic N) is 2. The topological polar surface area (TPSA) is 88.1 Å². The Bertz CT molecular complexity index is 751. The van der Waals surface area contributed by atoms with Gasteiger partial charge in [0, 0.05) is 25.9 Å². The molecule has 1 aromatic carbocycles. The fourth-order valence-electron chi connectivity index (χ4n) is 1.75. The molecule has 2 atom stereocenters. The monoisotopic (exact) mass is 407 g/mol. The van der Waals surface area contributed by atoms with Crippen LogP contribution in [0.25, 0.3) is 0 Å². The molecule has 0 saturated heterocycles. The van der Waals surface area contributed by atoms with Gasteiger partial charge in [0.1, 0.15) is 11.8 Å². The number of halogens is 3. The number of hydrogen-bond donors (Lipinski definition) is 1. The molecule has 0 aliphatic rings. The predicted octanol–water partition coefficient (Wildman–Crippen LogP) is 1.66. The molecule has 27 heavy (non-hydrogen) atoms. The molecule has 0 aliphatic heterocycles. The molecule has 0 fully saturated rings. The quantitative estimate of drug-likeness (QED) is 0.549. The van der Waals surface area contributed by atoms with Crippen molar-refractivity contribution < 1.29 is 31.7 Å². The van der Waals surface area contributed by atoms with E-state index in [4.69, 9.17) is 4.74 Å². The Labute approximate surface area is 157 Å². The second-order valence-corrected chi connectivity index (χ2v) is 7.20. The zero-order valence-electron chi connectivity index (χ0n) is 15.2. The highest BCUT2D eigenvalue weighted by molar-refractivity contribution is 7.84. The van der Waals surface area contributed by atoms with E-state index in [0.717, 1.165) is 6.07 Å². The minimum atomic E-state index is -4.71. The van der Waals surface area contributed by atoms with Crippen LogP contribution < -0.4 is 10.1 Å². The maximum absolute atomic E-state index is 13.1. The molecule has 0 aromatic heterocycles. The third kappa shape index (κ3) is 7.77. The van der Waals surface area contributed by atoms with Crippen LogP contribution in [0.2, 0.25) is 0 Å². The summed E-state index contributed by atoms with van der Waals surface area (Å²) in [6.07, 6.45) is -2.15. The highest BCUT2D eigenvalue weighted by Gasteiger charge is 2.32. The molecule has 1 rings (SSSR count). The summed E-state index contributed by atoms with van der Waals surface area (Å²) in [5.41, 5.74) is -1.45. The second-order valence-electron chi connectivity index (χ2n) is 5.82. The molecule has 1 N–H and O–H groups in total. The number of ether oxygens (including phenoxy) is 1. The first-order valence-corrected chi connectivity index (χ1v) is 9.33. The summed E-state index contributed by atoms with van der Waals surface area (Å²) in [6, 6.07) is 1.39. The van der Waals surface area contributed by atoms with Crippen molar-refractivity contribution in [1.29, 1.82) is 0 Å². The molecule has 0 bridgehead atoms. The molecule has 2 amide bonds. The summed E-state index contributed by atoms with van der Waals surface area (Å²) in [5, 5.41) is 2.29. The van der Waals surface area contributed by atoms with Crippen molar-refractivity contribution in [1.82, 2.24) is 10.2 Å². The highest BCUT2D eigenvalue weighted by atomic mass is 32.2. The Morgan fingerprint density at radius 3 is 2.48 bits per heavy atom. The van der Waals surface area contributed by atoms with Gasteiger partial charge < -0.3 is 15.0 Å². The first-order chi connectivity index (χ1) is 12.4. The molecule has 2 unspecified atom stereocenters. The van der Waals surface area contributed by atoms with E-state index >= 15 is 0 Å². The van der Waals surface area contributed by atoms with Gasteiger partial charge in [0.15, 0.2) is 5.94 Å². The number of benzene rings is 1. The number of rotatable bonds is 7. The molecule has 7 nitrogen and oxygen atoms in total. The summed E-state index contributed by atoms with van der Waals surface area (Å²) >= 11 is 0. The Balaban J connectivity index is 3.05. The molecule has 0 radical (unpaired) electrons. The Kier molecular flexibility index (Phi) is 7.95. The van der Waals surface area contributed by atoms with Crippen LogP contribution in [0.1, 0.15) is 22.8 Å². The van der Waals surface area contributed by atoms with Crippen molar-refractivity contribution in [3.05, 3.63) is 29.3 Å². The van der Waals surface area contributed by atoms with Crippen molar-refractivity contribution in [3.63, 3.8) is 0 Å². The lowest BCUT2D eigenvalue weighted by atomic mass is 10.1. The third-order valence-electron chi connectivity index (χ3n) is 3.02. The number of amides is 2. The molecule has 0 aliphatic carbocycles. The van der Waals surface area contributed by atoms with Crippen LogP contribution in [-0.4, -0.2) is 59.6 Å². The fraction of sp³-hybridized carbons (Fsp3) is 0.438. The number of nitrogens with one attached hydrogen (secondary N) is 1. The fourth-order valence-corrected chi connectivity index (χ4v) is 2.06. The minimum Gasteiger partial charge on any atom is -0.480 e. The van der Waals surface area contributed by atoms with E-state index in [2.05, 4.69) is 10.3 Å². The lowest BCUT2D eigenvalue weighted by molar-refractivity contribution is -0.137. The lowest BCUT2D eigenvalue weighted by Gasteiger charge is -2.14. The number of alkyl halides is 3. The molecule has 1 aromatic rings. The summed E-state index contributed by atoms with van der Waals surface area (Å²) in [7, 11) is 1.89. The van der Waals surface area contributed by atoms with Crippen LogP contribution in [0.15, 0.2) is 23.2 Å². The number of carbonyl (C=O) groups is 2. The zero-order chi connectivity index (χ0) is 20.8. The van der Waals surface area contributed by atoms with Gasteiger partial charge in [-0.15, -0.1) is 0 Å². The third-order valence-corrected chi connectivity index (χ3v) is 3.47. The van der Waals surface area contributed by atoms with Crippen molar-refractivity contribution in [2.24, 2.45) is 4.99 Å². The van der Waals surface area contributed by atoms with Crippen LogP contribution >= 0.6 is 0 Å². The van der Waals surface area contributed by atoms with Crippen molar-refractivity contribution in [2.45, 2.75) is 19.1 Å². The van der Waals surface area contributed by atoms with Gasteiger partial charge in [0.2, 0.25) is 0 Å². The Hall–Kier alpha value is -2.43. The van der Waals surface area contributed by atoms with Crippen LogP contribution in [-0.2, 0) is 21.8 Å². The van der Waals surface area contributed by atoms with Gasteiger partial charge in [-0.3, -0.25) is 13.8 Å². The smallest absolute Gasteiger partial charge is 0.416 e. The SMILES string of the molecule is CC(NC(=O)c1cc(OCS(C)=O)cc(C(F)(F)F)c1)C(=O)N=CN(C)C. The maximum Gasteiger partial charge on any atom is 0.416 e. The van der Waals surface area contributed by atoms with E-state index < -0.39 is 40.4 Å². The van der Waals surface area contributed by atoms with Crippen molar-refractivity contribution >= 4 is 29.0 Å². The van der Waals surface area contributed by atoms with Gasteiger partial charge in [-0.05, 0) is 25.1 Å². The van der Waals surface area contributed by atoms with Crippen LogP contribution in [0.5, 0.6) is 5.75 Å². The zero-order valence-corrected chi connectivity index (χ0v) is 16.0. The van der Waals surface area contributed by atoms with Crippen LogP contribution in [0.3, 0.4) is 0 Å². The van der Waals surface area contributed by atoms with E-state index in [9.17, 15) is 27.0 Å². The number of aliphatic imine (C=N–C) groups is 1. The molecule has 0 saturated carbocycles. The maximum atomic E-state index is 13.1. The summed E-state index contributed by atoms with van der Waals surface area (Å²) in [4.78, 5) is 29.2. The first kappa shape index (κ1) is 22.6. The lowest BCUT2D eigenvalue weighted by Crippen LogP contribution is -2.38. The molecular formula is C16H20F3N3O4S. The molecule has 150 valence electrons.